The van der Waals surface area contributed by atoms with Gasteiger partial charge in [0.15, 0.2) is 0 Å². The van der Waals surface area contributed by atoms with Crippen LogP contribution >= 0.6 is 0 Å². The Labute approximate surface area is 126 Å². The Morgan fingerprint density at radius 3 is 1.62 bits per heavy atom. The van der Waals surface area contributed by atoms with Gasteiger partial charge in [-0.25, -0.2) is 0 Å². The fourth-order valence-corrected chi connectivity index (χ4v) is 2.80. The van der Waals surface area contributed by atoms with Crippen molar-refractivity contribution in [3.63, 3.8) is 0 Å². The average Bonchev–Trinajstić information content (AvgIpc) is 2.58. The van der Waals surface area contributed by atoms with Gasteiger partial charge in [-0.3, -0.25) is 0 Å². The summed E-state index contributed by atoms with van der Waals surface area (Å²) in [7, 11) is 0. The molecule has 21 heavy (non-hydrogen) atoms. The predicted molar refractivity (Wildman–Crippen MR) is 90.4 cm³/mol. The molecule has 0 aliphatic carbocycles. The highest BCUT2D eigenvalue weighted by Crippen LogP contribution is 2.33. The highest BCUT2D eigenvalue weighted by molar-refractivity contribution is 5.57. The molecule has 0 unspecified atom stereocenters. The molecule has 0 saturated heterocycles. The second kappa shape index (κ2) is 6.23. The van der Waals surface area contributed by atoms with Crippen LogP contribution in [-0.4, -0.2) is 0 Å². The lowest BCUT2D eigenvalue weighted by Gasteiger charge is -2.20. The summed E-state index contributed by atoms with van der Waals surface area (Å²) in [5, 5.41) is 0. The molecule has 0 amide bonds. The lowest BCUT2D eigenvalue weighted by Crippen LogP contribution is -2.05. The Kier molecular flexibility index (Phi) is 3.97. The summed E-state index contributed by atoms with van der Waals surface area (Å²) in [5.41, 5.74) is 5.09. The summed E-state index contributed by atoms with van der Waals surface area (Å²) in [6.45, 7) is 3.96. The Morgan fingerprint density at radius 1 is 0.619 bits per heavy atom. The van der Waals surface area contributed by atoms with E-state index in [0.717, 1.165) is 0 Å². The molecule has 0 saturated carbocycles. The maximum atomic E-state index is 3.96. The van der Waals surface area contributed by atoms with Crippen LogP contribution in [0.2, 0.25) is 0 Å². The first-order valence-electron chi connectivity index (χ1n) is 7.21. The zero-order chi connectivity index (χ0) is 14.5. The van der Waals surface area contributed by atoms with E-state index in [0.29, 0.717) is 0 Å². The maximum Gasteiger partial charge on any atom is 0.0345 e. The Morgan fingerprint density at radius 2 is 1.10 bits per heavy atom. The average molecular weight is 270 g/mol. The van der Waals surface area contributed by atoms with Gasteiger partial charge in [-0.2, -0.15) is 0 Å². The molecular formula is C21H18. The van der Waals surface area contributed by atoms with Crippen molar-refractivity contribution in [3.05, 3.63) is 114 Å². The van der Waals surface area contributed by atoms with Gasteiger partial charge in [0.05, 0.1) is 0 Å². The van der Waals surface area contributed by atoms with Crippen LogP contribution in [0.15, 0.2) is 91.5 Å². The minimum atomic E-state index is 0.238. The third kappa shape index (κ3) is 2.80. The Hall–Kier alpha value is -2.60. The SMILES string of the molecule is C=Cc1ccccc1C(c1ccccc1)c1ccccc1. The summed E-state index contributed by atoms with van der Waals surface area (Å²) in [6.07, 6.45) is 1.94. The van der Waals surface area contributed by atoms with Crippen LogP contribution in [0.4, 0.5) is 0 Å². The van der Waals surface area contributed by atoms with E-state index in [1.54, 1.807) is 0 Å². The molecule has 0 N–H and O–H groups in total. The molecule has 3 rings (SSSR count). The van der Waals surface area contributed by atoms with E-state index in [1.807, 2.05) is 6.08 Å². The van der Waals surface area contributed by atoms with Crippen molar-refractivity contribution in [2.45, 2.75) is 5.92 Å². The van der Waals surface area contributed by atoms with E-state index in [9.17, 15) is 0 Å². The third-order valence-corrected chi connectivity index (χ3v) is 3.79. The van der Waals surface area contributed by atoms with Gasteiger partial charge >= 0.3 is 0 Å². The summed E-state index contributed by atoms with van der Waals surface area (Å²) < 4.78 is 0. The first-order chi connectivity index (χ1) is 10.4. The Bertz CT molecular complexity index is 672. The quantitative estimate of drug-likeness (QED) is 0.548. The van der Waals surface area contributed by atoms with Gasteiger partial charge < -0.3 is 0 Å². The van der Waals surface area contributed by atoms with Crippen molar-refractivity contribution in [2.24, 2.45) is 0 Å². The third-order valence-electron chi connectivity index (χ3n) is 3.79. The molecule has 3 aromatic rings. The molecule has 0 aliphatic rings. The Balaban J connectivity index is 2.20. The van der Waals surface area contributed by atoms with Crippen LogP contribution in [0.5, 0.6) is 0 Å². The molecule has 0 spiro atoms. The van der Waals surface area contributed by atoms with Gasteiger partial charge in [-0.05, 0) is 22.3 Å². The van der Waals surface area contributed by atoms with Crippen LogP contribution in [0.3, 0.4) is 0 Å². The van der Waals surface area contributed by atoms with E-state index in [1.165, 1.54) is 22.3 Å². The van der Waals surface area contributed by atoms with Crippen LogP contribution in [0.25, 0.3) is 6.08 Å². The van der Waals surface area contributed by atoms with Gasteiger partial charge in [0, 0.05) is 5.92 Å². The zero-order valence-corrected chi connectivity index (χ0v) is 11.9. The first kappa shape index (κ1) is 13.4. The smallest absolute Gasteiger partial charge is 0.0345 e. The highest BCUT2D eigenvalue weighted by atomic mass is 14.2. The molecule has 3 aromatic carbocycles. The molecule has 102 valence electrons. The molecule has 0 atom stereocenters. The number of hydrogen-bond donors (Lipinski definition) is 0. The topological polar surface area (TPSA) is 0 Å². The normalized spacial score (nSPS) is 10.5. The molecule has 0 bridgehead atoms. The van der Waals surface area contributed by atoms with Crippen molar-refractivity contribution < 1.29 is 0 Å². The molecule has 0 heteroatoms. The van der Waals surface area contributed by atoms with Crippen LogP contribution in [-0.2, 0) is 0 Å². The van der Waals surface area contributed by atoms with Gasteiger partial charge in [0.25, 0.3) is 0 Å². The molecule has 0 radical (unpaired) electrons. The standard InChI is InChI=1S/C21H18/c1-2-17-11-9-10-16-20(17)21(18-12-5-3-6-13-18)19-14-7-4-8-15-19/h2-16,21H,1H2. The van der Waals surface area contributed by atoms with Crippen molar-refractivity contribution >= 4 is 6.08 Å². The monoisotopic (exact) mass is 270 g/mol. The number of hydrogen-bond acceptors (Lipinski definition) is 0. The summed E-state index contributed by atoms with van der Waals surface area (Å²) >= 11 is 0. The van der Waals surface area contributed by atoms with Crippen molar-refractivity contribution in [1.82, 2.24) is 0 Å². The maximum absolute atomic E-state index is 3.96. The van der Waals surface area contributed by atoms with Crippen LogP contribution in [0, 0.1) is 0 Å². The van der Waals surface area contributed by atoms with Gasteiger partial charge in [-0.1, -0.05) is 97.6 Å². The van der Waals surface area contributed by atoms with E-state index in [2.05, 4.69) is 91.5 Å². The number of benzene rings is 3. The molecule has 0 aromatic heterocycles. The largest absolute Gasteiger partial charge is 0.0985 e. The molecule has 0 nitrogen and oxygen atoms in total. The minimum absolute atomic E-state index is 0.238. The fraction of sp³-hybridized carbons (Fsp3) is 0.0476. The van der Waals surface area contributed by atoms with E-state index < -0.39 is 0 Å². The summed E-state index contributed by atoms with van der Waals surface area (Å²) in [5.74, 6) is 0.238. The highest BCUT2D eigenvalue weighted by Gasteiger charge is 2.18. The molecule has 0 fully saturated rings. The van der Waals surface area contributed by atoms with Crippen molar-refractivity contribution in [3.8, 4) is 0 Å². The minimum Gasteiger partial charge on any atom is -0.0985 e. The fourth-order valence-electron chi connectivity index (χ4n) is 2.80. The lowest BCUT2D eigenvalue weighted by molar-refractivity contribution is 0.974. The second-order valence-electron chi connectivity index (χ2n) is 5.09. The van der Waals surface area contributed by atoms with E-state index in [-0.39, 0.29) is 5.92 Å². The second-order valence-corrected chi connectivity index (χ2v) is 5.09. The zero-order valence-electron chi connectivity index (χ0n) is 11.9. The van der Waals surface area contributed by atoms with Gasteiger partial charge in [0.2, 0.25) is 0 Å². The van der Waals surface area contributed by atoms with Gasteiger partial charge in [0.1, 0.15) is 0 Å². The lowest BCUT2D eigenvalue weighted by atomic mass is 9.83. The van der Waals surface area contributed by atoms with Crippen molar-refractivity contribution in [1.29, 1.82) is 0 Å². The van der Waals surface area contributed by atoms with Crippen molar-refractivity contribution in [2.75, 3.05) is 0 Å². The van der Waals surface area contributed by atoms with Crippen LogP contribution < -0.4 is 0 Å². The molecular weight excluding hydrogens is 252 g/mol. The first-order valence-corrected chi connectivity index (χ1v) is 7.21. The molecule has 0 aliphatic heterocycles. The van der Waals surface area contributed by atoms with Gasteiger partial charge in [-0.15, -0.1) is 0 Å². The number of rotatable bonds is 4. The summed E-state index contributed by atoms with van der Waals surface area (Å²) in [4.78, 5) is 0. The summed E-state index contributed by atoms with van der Waals surface area (Å²) in [6, 6.07) is 29.8. The van der Waals surface area contributed by atoms with Crippen LogP contribution in [0.1, 0.15) is 28.2 Å². The van der Waals surface area contributed by atoms with E-state index >= 15 is 0 Å². The van der Waals surface area contributed by atoms with E-state index in [4.69, 9.17) is 0 Å². The molecule has 0 heterocycles. The predicted octanol–water partition coefficient (Wildman–Crippen LogP) is 5.51.